The summed E-state index contributed by atoms with van der Waals surface area (Å²) in [4.78, 5) is 10.3. The maximum atomic E-state index is 10.3. The van der Waals surface area contributed by atoms with Crippen LogP contribution in [0, 0.1) is 0 Å². The fourth-order valence-electron chi connectivity index (χ4n) is 1.14. The van der Waals surface area contributed by atoms with Crippen LogP contribution in [0.2, 0.25) is 10.0 Å². The lowest BCUT2D eigenvalue weighted by Gasteiger charge is -2.10. The number of rotatable bonds is 3. The van der Waals surface area contributed by atoms with Crippen LogP contribution in [-0.4, -0.2) is 18.3 Å². The molecule has 0 aromatic heterocycles. The molecule has 4 nitrogen and oxygen atoms in total. The van der Waals surface area contributed by atoms with Crippen LogP contribution >= 0.6 is 23.2 Å². The average molecular weight is 250 g/mol. The Bertz CT molecular complexity index is 382. The van der Waals surface area contributed by atoms with Gasteiger partial charge in [0.15, 0.2) is 0 Å². The Morgan fingerprint density at radius 1 is 1.53 bits per heavy atom. The van der Waals surface area contributed by atoms with E-state index in [1.165, 1.54) is 13.2 Å². The number of carbonyl (C=O) groups is 1. The second kappa shape index (κ2) is 5.09. The van der Waals surface area contributed by atoms with Gasteiger partial charge in [0.1, 0.15) is 5.75 Å². The maximum Gasteiger partial charge on any atom is 0.404 e. The van der Waals surface area contributed by atoms with Crippen LogP contribution in [0.3, 0.4) is 0 Å². The summed E-state index contributed by atoms with van der Waals surface area (Å²) >= 11 is 11.6. The van der Waals surface area contributed by atoms with Gasteiger partial charge < -0.3 is 15.2 Å². The minimum absolute atomic E-state index is 0.0960. The van der Waals surface area contributed by atoms with E-state index in [1.807, 2.05) is 0 Å². The highest BCUT2D eigenvalue weighted by molar-refractivity contribution is 6.35. The van der Waals surface area contributed by atoms with Crippen molar-refractivity contribution in [3.8, 4) is 5.75 Å². The third kappa shape index (κ3) is 3.18. The van der Waals surface area contributed by atoms with Gasteiger partial charge in [-0.15, -0.1) is 0 Å². The van der Waals surface area contributed by atoms with Gasteiger partial charge in [0, 0.05) is 17.1 Å². The van der Waals surface area contributed by atoms with Gasteiger partial charge >= 0.3 is 6.09 Å². The smallest absolute Gasteiger partial charge is 0.404 e. The molecule has 1 aromatic rings. The summed E-state index contributed by atoms with van der Waals surface area (Å²) in [5.41, 5.74) is 0.595. The highest BCUT2D eigenvalue weighted by atomic mass is 35.5. The van der Waals surface area contributed by atoms with Crippen molar-refractivity contribution in [2.45, 2.75) is 6.54 Å². The number of hydrogen-bond donors (Lipinski definition) is 2. The van der Waals surface area contributed by atoms with Gasteiger partial charge in [0.25, 0.3) is 0 Å². The molecular weight excluding hydrogens is 241 g/mol. The van der Waals surface area contributed by atoms with Gasteiger partial charge in [0.2, 0.25) is 0 Å². The first-order valence-electron chi connectivity index (χ1n) is 4.03. The summed E-state index contributed by atoms with van der Waals surface area (Å²) in [6.07, 6.45) is -1.12. The topological polar surface area (TPSA) is 58.6 Å². The molecule has 6 heteroatoms. The van der Waals surface area contributed by atoms with Crippen molar-refractivity contribution in [3.05, 3.63) is 27.7 Å². The van der Waals surface area contributed by atoms with Crippen molar-refractivity contribution in [2.75, 3.05) is 7.11 Å². The molecule has 0 saturated carbocycles. The normalized spacial score (nSPS) is 9.80. The van der Waals surface area contributed by atoms with E-state index in [-0.39, 0.29) is 6.54 Å². The molecule has 0 unspecified atom stereocenters. The summed E-state index contributed by atoms with van der Waals surface area (Å²) in [5.74, 6) is 0.426. The summed E-state index contributed by atoms with van der Waals surface area (Å²) in [6.45, 7) is 0.0960. The number of nitrogens with one attached hydrogen (secondary N) is 1. The first-order valence-corrected chi connectivity index (χ1v) is 4.79. The molecule has 1 amide bonds. The Labute approximate surface area is 96.8 Å². The van der Waals surface area contributed by atoms with Crippen LogP contribution in [0.5, 0.6) is 5.75 Å². The first kappa shape index (κ1) is 11.9. The fourth-order valence-corrected chi connectivity index (χ4v) is 1.76. The van der Waals surface area contributed by atoms with Crippen LogP contribution in [-0.2, 0) is 6.54 Å². The van der Waals surface area contributed by atoms with Crippen molar-refractivity contribution >= 4 is 29.3 Å². The zero-order chi connectivity index (χ0) is 11.4. The van der Waals surface area contributed by atoms with E-state index in [0.717, 1.165) is 0 Å². The molecule has 2 N–H and O–H groups in total. The lowest BCUT2D eigenvalue weighted by atomic mass is 10.2. The molecule has 0 radical (unpaired) electrons. The molecular formula is C9H9Cl2NO3. The molecule has 0 spiro atoms. The minimum Gasteiger partial charge on any atom is -0.495 e. The predicted molar refractivity (Wildman–Crippen MR) is 57.9 cm³/mol. The minimum atomic E-state index is -1.12. The molecule has 0 aliphatic carbocycles. The lowest BCUT2D eigenvalue weighted by molar-refractivity contribution is 0.194. The second-order valence-electron chi connectivity index (χ2n) is 2.74. The molecule has 1 aromatic carbocycles. The third-order valence-corrected chi connectivity index (χ3v) is 2.22. The summed E-state index contributed by atoms with van der Waals surface area (Å²) in [6, 6.07) is 3.13. The number of hydrogen-bond acceptors (Lipinski definition) is 2. The van der Waals surface area contributed by atoms with E-state index in [0.29, 0.717) is 21.4 Å². The Morgan fingerprint density at radius 3 is 2.73 bits per heavy atom. The number of halogens is 2. The number of carboxylic acid groups (broad SMARTS) is 1. The molecule has 0 aliphatic rings. The predicted octanol–water partition coefficient (Wildman–Crippen LogP) is 2.77. The zero-order valence-electron chi connectivity index (χ0n) is 7.88. The third-order valence-electron chi connectivity index (χ3n) is 1.72. The van der Waals surface area contributed by atoms with E-state index in [9.17, 15) is 4.79 Å². The van der Waals surface area contributed by atoms with Crippen LogP contribution in [0.15, 0.2) is 12.1 Å². The van der Waals surface area contributed by atoms with Crippen molar-refractivity contribution in [3.63, 3.8) is 0 Å². The van der Waals surface area contributed by atoms with Gasteiger partial charge in [-0.3, -0.25) is 0 Å². The van der Waals surface area contributed by atoms with Crippen molar-refractivity contribution in [2.24, 2.45) is 0 Å². The van der Waals surface area contributed by atoms with Crippen molar-refractivity contribution < 1.29 is 14.6 Å². The van der Waals surface area contributed by atoms with E-state index in [1.54, 1.807) is 6.07 Å². The average Bonchev–Trinajstić information content (AvgIpc) is 2.13. The van der Waals surface area contributed by atoms with E-state index in [2.05, 4.69) is 5.32 Å². The molecule has 15 heavy (non-hydrogen) atoms. The lowest BCUT2D eigenvalue weighted by Crippen LogP contribution is -2.20. The Kier molecular flexibility index (Phi) is 4.05. The first-order chi connectivity index (χ1) is 7.04. The standard InChI is InChI=1S/C9H9Cl2NO3/c1-15-8-5(4-12-9(13)14)2-6(10)3-7(8)11/h2-3,12H,4H2,1H3,(H,13,14). The fraction of sp³-hybridized carbons (Fsp3) is 0.222. The molecule has 0 atom stereocenters. The summed E-state index contributed by atoms with van der Waals surface area (Å²) in [7, 11) is 1.46. The highest BCUT2D eigenvalue weighted by Gasteiger charge is 2.10. The maximum absolute atomic E-state index is 10.3. The van der Waals surface area contributed by atoms with E-state index < -0.39 is 6.09 Å². The molecule has 1 rings (SSSR count). The van der Waals surface area contributed by atoms with Gasteiger partial charge in [-0.05, 0) is 12.1 Å². The van der Waals surface area contributed by atoms with Crippen molar-refractivity contribution in [1.82, 2.24) is 5.32 Å². The van der Waals surface area contributed by atoms with Gasteiger partial charge in [-0.1, -0.05) is 23.2 Å². The zero-order valence-corrected chi connectivity index (χ0v) is 9.39. The van der Waals surface area contributed by atoms with Gasteiger partial charge in [-0.25, -0.2) is 4.79 Å². The van der Waals surface area contributed by atoms with Crippen LogP contribution < -0.4 is 10.1 Å². The van der Waals surface area contributed by atoms with E-state index >= 15 is 0 Å². The van der Waals surface area contributed by atoms with Crippen LogP contribution in [0.1, 0.15) is 5.56 Å². The van der Waals surface area contributed by atoms with Gasteiger partial charge in [-0.2, -0.15) is 0 Å². The number of benzene rings is 1. The molecule has 0 bridgehead atoms. The Hall–Kier alpha value is -1.13. The number of amides is 1. The second-order valence-corrected chi connectivity index (χ2v) is 3.58. The Balaban J connectivity index is 2.98. The Morgan fingerprint density at radius 2 is 2.20 bits per heavy atom. The number of methoxy groups -OCH3 is 1. The van der Waals surface area contributed by atoms with E-state index in [4.69, 9.17) is 33.0 Å². The molecule has 0 heterocycles. The molecule has 0 saturated heterocycles. The van der Waals surface area contributed by atoms with Gasteiger partial charge in [0.05, 0.1) is 12.1 Å². The molecule has 0 fully saturated rings. The summed E-state index contributed by atoms with van der Waals surface area (Å²) in [5, 5.41) is 11.5. The highest BCUT2D eigenvalue weighted by Crippen LogP contribution is 2.31. The number of ether oxygens (including phenoxy) is 1. The largest absolute Gasteiger partial charge is 0.495 e. The monoisotopic (exact) mass is 249 g/mol. The SMILES string of the molecule is COc1c(Cl)cc(Cl)cc1CNC(=O)O. The van der Waals surface area contributed by atoms with Crippen LogP contribution in [0.4, 0.5) is 4.79 Å². The molecule has 82 valence electrons. The summed E-state index contributed by atoms with van der Waals surface area (Å²) < 4.78 is 5.04. The molecule has 0 aliphatic heterocycles. The van der Waals surface area contributed by atoms with Crippen LogP contribution in [0.25, 0.3) is 0 Å². The van der Waals surface area contributed by atoms with Crippen molar-refractivity contribution in [1.29, 1.82) is 0 Å². The quantitative estimate of drug-likeness (QED) is 0.867.